The molecule has 1 aromatic heterocycles. The Bertz CT molecular complexity index is 1090. The van der Waals surface area contributed by atoms with E-state index in [0.717, 1.165) is 68.2 Å². The fraction of sp³-hybridized carbons (Fsp3) is 0.577. The van der Waals surface area contributed by atoms with Crippen molar-refractivity contribution in [3.05, 3.63) is 42.0 Å². The van der Waals surface area contributed by atoms with Crippen LogP contribution in [0, 0.1) is 16.7 Å². The van der Waals surface area contributed by atoms with E-state index in [4.69, 9.17) is 5.41 Å². The zero-order chi connectivity index (χ0) is 22.9. The summed E-state index contributed by atoms with van der Waals surface area (Å²) in [6, 6.07) is 7.75. The number of fused-ring (bicyclic) bond motifs is 1. The molecule has 2 atom stereocenters. The Labute approximate surface area is 190 Å². The second kappa shape index (κ2) is 9.08. The van der Waals surface area contributed by atoms with Crippen molar-refractivity contribution in [1.82, 2.24) is 14.0 Å². The zero-order valence-electron chi connectivity index (χ0n) is 19.5. The molecule has 1 aliphatic carbocycles. The highest BCUT2D eigenvalue weighted by atomic mass is 16.2. The van der Waals surface area contributed by atoms with Crippen molar-refractivity contribution >= 4 is 22.7 Å². The number of hydrogen-bond acceptors (Lipinski definition) is 3. The Balaban J connectivity index is 1.65. The van der Waals surface area contributed by atoms with Gasteiger partial charge in [-0.15, -0.1) is 0 Å². The van der Waals surface area contributed by atoms with Gasteiger partial charge < -0.3 is 14.0 Å². The number of Topliss-reactive ketones (excluding diaryl/α,β-unsaturated/α-hetero) is 1. The lowest BCUT2D eigenvalue weighted by Gasteiger charge is -2.39. The third kappa shape index (κ3) is 4.19. The van der Waals surface area contributed by atoms with E-state index in [1.165, 1.54) is 6.42 Å². The Morgan fingerprint density at radius 1 is 1.09 bits per heavy atom. The molecule has 1 amide bonds. The molecule has 4 rings (SSSR count). The first-order chi connectivity index (χ1) is 15.3. The number of amides is 1. The van der Waals surface area contributed by atoms with E-state index in [-0.39, 0.29) is 30.4 Å². The van der Waals surface area contributed by atoms with Crippen LogP contribution in [0.3, 0.4) is 0 Å². The van der Waals surface area contributed by atoms with Crippen molar-refractivity contribution in [2.45, 2.75) is 71.9 Å². The first kappa shape index (κ1) is 22.6. The molecule has 2 unspecified atom stereocenters. The molecule has 1 aliphatic heterocycles. The molecular weight excluding hydrogens is 400 g/mol. The number of carbonyl (C=O) groups excluding carboxylic acids is 2. The van der Waals surface area contributed by atoms with Gasteiger partial charge in [0.15, 0.2) is 5.78 Å². The fourth-order valence-electron chi connectivity index (χ4n) is 5.84. The van der Waals surface area contributed by atoms with Crippen LogP contribution in [0.2, 0.25) is 0 Å². The summed E-state index contributed by atoms with van der Waals surface area (Å²) < 4.78 is 3.56. The molecular formula is C26H36N4O2. The van der Waals surface area contributed by atoms with Gasteiger partial charge in [0.25, 0.3) is 0 Å². The summed E-state index contributed by atoms with van der Waals surface area (Å²) in [4.78, 5) is 28.5. The maximum absolute atomic E-state index is 13.7. The van der Waals surface area contributed by atoms with Crippen molar-refractivity contribution in [1.29, 1.82) is 5.41 Å². The number of likely N-dealkylation sites (tertiary alicyclic amines) is 1. The average Bonchev–Trinajstić information content (AvgIpc) is 3.04. The highest BCUT2D eigenvalue weighted by Crippen LogP contribution is 2.45. The summed E-state index contributed by atoms with van der Waals surface area (Å²) in [5, 5.41) is 8.87. The average molecular weight is 437 g/mol. The molecule has 1 N–H and O–H groups in total. The van der Waals surface area contributed by atoms with E-state index >= 15 is 0 Å². The molecule has 2 fully saturated rings. The number of allylic oxidation sites excluding steroid dienone is 1. The standard InChI is InChI=1S/C26H36N4O2/c1-4-26(15-19(2)14-20(3)16-26)23(31)17-29-21-10-6-7-11-22(21)30(25(29)27)18-24(32)28-12-8-5-9-13-28/h6-7,10-11,20,27H,2,4-5,8-9,12-18H2,1,3H3. The molecule has 1 saturated heterocycles. The lowest BCUT2D eigenvalue weighted by molar-refractivity contribution is -0.132. The number of para-hydroxylation sites is 2. The highest BCUT2D eigenvalue weighted by Gasteiger charge is 2.41. The van der Waals surface area contributed by atoms with E-state index in [0.29, 0.717) is 5.92 Å². The van der Waals surface area contributed by atoms with E-state index in [1.807, 2.05) is 29.2 Å². The van der Waals surface area contributed by atoms with Crippen molar-refractivity contribution in [2.24, 2.45) is 11.3 Å². The predicted molar refractivity (Wildman–Crippen MR) is 126 cm³/mol. The highest BCUT2D eigenvalue weighted by molar-refractivity contribution is 5.87. The van der Waals surface area contributed by atoms with E-state index in [2.05, 4.69) is 20.4 Å². The zero-order valence-corrected chi connectivity index (χ0v) is 19.5. The van der Waals surface area contributed by atoms with Crippen LogP contribution in [0.25, 0.3) is 11.0 Å². The topological polar surface area (TPSA) is 71.1 Å². The van der Waals surface area contributed by atoms with Gasteiger partial charge in [0, 0.05) is 18.5 Å². The van der Waals surface area contributed by atoms with E-state index in [1.54, 1.807) is 9.13 Å². The summed E-state index contributed by atoms with van der Waals surface area (Å²) in [5.74, 6) is 0.681. The van der Waals surface area contributed by atoms with Crippen molar-refractivity contribution in [3.63, 3.8) is 0 Å². The molecule has 2 heterocycles. The first-order valence-corrected chi connectivity index (χ1v) is 12.0. The molecule has 172 valence electrons. The molecule has 1 aromatic carbocycles. The second-order valence-corrected chi connectivity index (χ2v) is 9.92. The monoisotopic (exact) mass is 436 g/mol. The number of hydrogen-bond donors (Lipinski definition) is 1. The smallest absolute Gasteiger partial charge is 0.242 e. The maximum Gasteiger partial charge on any atom is 0.242 e. The van der Waals surface area contributed by atoms with E-state index < -0.39 is 5.41 Å². The van der Waals surface area contributed by atoms with Crippen LogP contribution in [0.5, 0.6) is 0 Å². The number of ketones is 1. The van der Waals surface area contributed by atoms with Gasteiger partial charge in [0.05, 0.1) is 17.6 Å². The van der Waals surface area contributed by atoms with Gasteiger partial charge in [0.1, 0.15) is 6.54 Å². The summed E-state index contributed by atoms with van der Waals surface area (Å²) in [6.07, 6.45) is 6.66. The number of nitrogens with one attached hydrogen (secondary N) is 1. The van der Waals surface area contributed by atoms with Gasteiger partial charge in [-0.1, -0.05) is 38.1 Å². The van der Waals surface area contributed by atoms with Crippen molar-refractivity contribution < 1.29 is 9.59 Å². The Morgan fingerprint density at radius 2 is 1.72 bits per heavy atom. The van der Waals surface area contributed by atoms with E-state index in [9.17, 15) is 9.59 Å². The molecule has 1 saturated carbocycles. The van der Waals surface area contributed by atoms with Gasteiger partial charge in [-0.2, -0.15) is 0 Å². The number of rotatable bonds is 6. The van der Waals surface area contributed by atoms with Crippen LogP contribution >= 0.6 is 0 Å². The summed E-state index contributed by atoms with van der Waals surface area (Å²) in [5.41, 5.74) is 2.65. The van der Waals surface area contributed by atoms with Crippen LogP contribution in [0.15, 0.2) is 36.4 Å². The Hall–Kier alpha value is -2.63. The molecule has 0 radical (unpaired) electrons. The van der Waals surface area contributed by atoms with Gasteiger partial charge >= 0.3 is 0 Å². The maximum atomic E-state index is 13.7. The second-order valence-electron chi connectivity index (χ2n) is 9.92. The largest absolute Gasteiger partial charge is 0.341 e. The molecule has 2 aromatic rings. The number of carbonyl (C=O) groups is 2. The first-order valence-electron chi connectivity index (χ1n) is 12.0. The minimum atomic E-state index is -0.402. The van der Waals surface area contributed by atoms with Crippen LogP contribution in [0.4, 0.5) is 0 Å². The summed E-state index contributed by atoms with van der Waals surface area (Å²) in [7, 11) is 0. The molecule has 6 nitrogen and oxygen atoms in total. The van der Waals surface area contributed by atoms with Gasteiger partial charge in [-0.25, -0.2) is 0 Å². The number of nitrogens with zero attached hydrogens (tertiary/aromatic N) is 3. The van der Waals surface area contributed by atoms with Crippen LogP contribution in [0.1, 0.15) is 58.8 Å². The molecule has 6 heteroatoms. The molecule has 0 spiro atoms. The van der Waals surface area contributed by atoms with Gasteiger partial charge in [-0.3, -0.25) is 15.0 Å². The minimum absolute atomic E-state index is 0.0554. The summed E-state index contributed by atoms with van der Waals surface area (Å²) in [6.45, 7) is 10.4. The lowest BCUT2D eigenvalue weighted by atomic mass is 9.64. The number of aromatic nitrogens is 2. The van der Waals surface area contributed by atoms with Crippen LogP contribution in [-0.2, 0) is 22.7 Å². The third-order valence-corrected chi connectivity index (χ3v) is 7.51. The van der Waals surface area contributed by atoms with Crippen molar-refractivity contribution in [2.75, 3.05) is 13.1 Å². The molecule has 0 bridgehead atoms. The number of benzene rings is 1. The predicted octanol–water partition coefficient (Wildman–Crippen LogP) is 4.28. The normalized spacial score (nSPS) is 24.1. The van der Waals surface area contributed by atoms with Crippen LogP contribution in [-0.4, -0.2) is 38.8 Å². The molecule has 2 aliphatic rings. The van der Waals surface area contributed by atoms with Crippen LogP contribution < -0.4 is 5.62 Å². The summed E-state index contributed by atoms with van der Waals surface area (Å²) >= 11 is 0. The van der Waals surface area contributed by atoms with Gasteiger partial charge in [-0.05, 0) is 63.0 Å². The number of imidazole rings is 1. The quantitative estimate of drug-likeness (QED) is 0.687. The SMILES string of the molecule is C=C1CC(C)CC(CC)(C(=O)Cn2c(=N)n(CC(=O)N3CCCCC3)c3ccccc32)C1. The Morgan fingerprint density at radius 3 is 2.31 bits per heavy atom. The van der Waals surface area contributed by atoms with Gasteiger partial charge in [0.2, 0.25) is 11.5 Å². The molecule has 32 heavy (non-hydrogen) atoms. The Kier molecular flexibility index (Phi) is 6.40. The number of piperidine rings is 1. The fourth-order valence-corrected chi connectivity index (χ4v) is 5.84. The minimum Gasteiger partial charge on any atom is -0.341 e. The lowest BCUT2D eigenvalue weighted by Crippen LogP contribution is -2.41. The van der Waals surface area contributed by atoms with Crippen molar-refractivity contribution in [3.8, 4) is 0 Å². The third-order valence-electron chi connectivity index (χ3n) is 7.51.